The lowest BCUT2D eigenvalue weighted by Gasteiger charge is -1.92. The molecule has 2 rings (SSSR count). The molecule has 2 aromatic rings. The molecule has 0 fully saturated rings. The molecule has 0 aliphatic heterocycles. The first kappa shape index (κ1) is 10.8. The van der Waals surface area contributed by atoms with E-state index in [9.17, 15) is 0 Å². The zero-order valence-electron chi connectivity index (χ0n) is 9.64. The van der Waals surface area contributed by atoms with Gasteiger partial charge in [-0.15, -0.1) is 0 Å². The van der Waals surface area contributed by atoms with Crippen molar-refractivity contribution in [2.45, 2.75) is 33.4 Å². The van der Waals surface area contributed by atoms with E-state index < -0.39 is 0 Å². The van der Waals surface area contributed by atoms with Crippen LogP contribution in [-0.4, -0.2) is 19.9 Å². The van der Waals surface area contributed by atoms with E-state index >= 15 is 0 Å². The van der Waals surface area contributed by atoms with Gasteiger partial charge < -0.3 is 10.3 Å². The highest BCUT2D eigenvalue weighted by Crippen LogP contribution is 2.20. The zero-order valence-corrected chi connectivity index (χ0v) is 9.64. The fourth-order valence-corrected chi connectivity index (χ4v) is 1.43. The number of hydrogen-bond donors (Lipinski definition) is 1. The lowest BCUT2D eigenvalue weighted by Crippen LogP contribution is -2.04. The Morgan fingerprint density at radius 2 is 2.31 bits per heavy atom. The highest BCUT2D eigenvalue weighted by molar-refractivity contribution is 5.56. The van der Waals surface area contributed by atoms with Crippen LogP contribution in [0.3, 0.4) is 0 Å². The van der Waals surface area contributed by atoms with Gasteiger partial charge in [-0.25, -0.2) is 0 Å². The molecule has 0 bridgehead atoms. The number of nitrogens with two attached hydrogens (primary N) is 1. The summed E-state index contributed by atoms with van der Waals surface area (Å²) in [5, 5.41) is 8.22. The molecule has 0 aliphatic carbocycles. The van der Waals surface area contributed by atoms with Crippen LogP contribution in [0.5, 0.6) is 0 Å². The largest absolute Gasteiger partial charge is 0.337 e. The molecule has 0 radical (unpaired) electrons. The van der Waals surface area contributed by atoms with Crippen molar-refractivity contribution in [2.75, 3.05) is 0 Å². The van der Waals surface area contributed by atoms with Gasteiger partial charge in [-0.3, -0.25) is 4.68 Å². The first-order valence-corrected chi connectivity index (χ1v) is 5.25. The summed E-state index contributed by atoms with van der Waals surface area (Å²) in [7, 11) is 0. The van der Waals surface area contributed by atoms with Gasteiger partial charge in [0.05, 0.1) is 17.3 Å². The third kappa shape index (κ3) is 1.83. The van der Waals surface area contributed by atoms with Gasteiger partial charge in [0.2, 0.25) is 11.7 Å². The minimum absolute atomic E-state index is 0.247. The van der Waals surface area contributed by atoms with Crippen LogP contribution in [0.4, 0.5) is 0 Å². The summed E-state index contributed by atoms with van der Waals surface area (Å²) in [5.41, 5.74) is 7.43. The van der Waals surface area contributed by atoms with E-state index in [1.807, 2.05) is 24.7 Å². The van der Waals surface area contributed by atoms with Crippen molar-refractivity contribution < 1.29 is 4.52 Å². The van der Waals surface area contributed by atoms with Gasteiger partial charge in [0.1, 0.15) is 0 Å². The van der Waals surface area contributed by atoms with Crippen LogP contribution in [0, 0.1) is 6.92 Å². The first-order valence-electron chi connectivity index (χ1n) is 5.25. The summed E-state index contributed by atoms with van der Waals surface area (Å²) >= 11 is 0. The number of nitrogens with zero attached hydrogens (tertiary/aromatic N) is 4. The molecule has 0 aliphatic rings. The molecule has 6 nitrogen and oxygen atoms in total. The summed E-state index contributed by atoms with van der Waals surface area (Å²) < 4.78 is 6.90. The van der Waals surface area contributed by atoms with Crippen molar-refractivity contribution >= 4 is 0 Å². The maximum Gasteiger partial charge on any atom is 0.243 e. The zero-order chi connectivity index (χ0) is 11.7. The average molecular weight is 221 g/mol. The quantitative estimate of drug-likeness (QED) is 0.844. The van der Waals surface area contributed by atoms with Crippen LogP contribution in [0.1, 0.15) is 31.5 Å². The van der Waals surface area contributed by atoms with Crippen LogP contribution in [-0.2, 0) is 6.54 Å². The van der Waals surface area contributed by atoms with Crippen molar-refractivity contribution in [3.63, 3.8) is 0 Å². The Kier molecular flexibility index (Phi) is 2.74. The third-order valence-corrected chi connectivity index (χ3v) is 2.34. The second-order valence-corrected chi connectivity index (χ2v) is 3.73. The number of aromatic nitrogens is 4. The highest BCUT2D eigenvalue weighted by atomic mass is 16.5. The minimum Gasteiger partial charge on any atom is -0.337 e. The molecule has 6 heteroatoms. The van der Waals surface area contributed by atoms with E-state index in [-0.39, 0.29) is 6.04 Å². The minimum atomic E-state index is -0.247. The van der Waals surface area contributed by atoms with E-state index in [4.69, 9.17) is 10.3 Å². The maximum absolute atomic E-state index is 5.66. The van der Waals surface area contributed by atoms with Gasteiger partial charge >= 0.3 is 0 Å². The molecule has 2 N–H and O–H groups in total. The van der Waals surface area contributed by atoms with E-state index in [0.29, 0.717) is 11.7 Å². The summed E-state index contributed by atoms with van der Waals surface area (Å²) in [5.74, 6) is 0.989. The Morgan fingerprint density at radius 1 is 1.56 bits per heavy atom. The fourth-order valence-electron chi connectivity index (χ4n) is 1.43. The van der Waals surface area contributed by atoms with Gasteiger partial charge in [-0.2, -0.15) is 10.1 Å². The lowest BCUT2D eigenvalue weighted by atomic mass is 10.2. The number of hydrogen-bond acceptors (Lipinski definition) is 5. The van der Waals surface area contributed by atoms with Crippen LogP contribution in [0.25, 0.3) is 11.4 Å². The second-order valence-electron chi connectivity index (χ2n) is 3.73. The molecule has 0 saturated heterocycles. The van der Waals surface area contributed by atoms with Crippen LogP contribution in [0.2, 0.25) is 0 Å². The Morgan fingerprint density at radius 3 is 2.81 bits per heavy atom. The van der Waals surface area contributed by atoms with E-state index in [2.05, 4.69) is 15.2 Å². The van der Waals surface area contributed by atoms with E-state index in [0.717, 1.165) is 17.8 Å². The average Bonchev–Trinajstić information content (AvgIpc) is 2.83. The highest BCUT2D eigenvalue weighted by Gasteiger charge is 2.15. The van der Waals surface area contributed by atoms with E-state index in [1.165, 1.54) is 0 Å². The Balaban J connectivity index is 2.38. The van der Waals surface area contributed by atoms with Crippen molar-refractivity contribution in [1.29, 1.82) is 0 Å². The van der Waals surface area contributed by atoms with Crippen LogP contribution < -0.4 is 5.73 Å². The SMILES string of the molecule is CCn1cc(-c2noc([C@@H](C)N)n2)c(C)n1. The Bertz CT molecular complexity index is 485. The van der Waals surface area contributed by atoms with Crippen molar-refractivity contribution in [3.05, 3.63) is 17.8 Å². The Labute approximate surface area is 93.4 Å². The Hall–Kier alpha value is -1.69. The third-order valence-electron chi connectivity index (χ3n) is 2.34. The monoisotopic (exact) mass is 221 g/mol. The molecule has 86 valence electrons. The smallest absolute Gasteiger partial charge is 0.243 e. The van der Waals surface area contributed by atoms with Gasteiger partial charge in [0.15, 0.2) is 0 Å². The van der Waals surface area contributed by atoms with Gasteiger partial charge in [0, 0.05) is 12.7 Å². The lowest BCUT2D eigenvalue weighted by molar-refractivity contribution is 0.362. The predicted octanol–water partition coefficient (Wildman–Crippen LogP) is 1.28. The predicted molar refractivity (Wildman–Crippen MR) is 58.5 cm³/mol. The van der Waals surface area contributed by atoms with Gasteiger partial charge in [-0.1, -0.05) is 5.16 Å². The molecular weight excluding hydrogens is 206 g/mol. The number of rotatable bonds is 3. The normalized spacial score (nSPS) is 13.0. The summed E-state index contributed by atoms with van der Waals surface area (Å²) in [4.78, 5) is 4.23. The van der Waals surface area contributed by atoms with Crippen molar-refractivity contribution in [1.82, 2.24) is 19.9 Å². The summed E-state index contributed by atoms with van der Waals surface area (Å²) in [6.45, 7) is 6.57. The molecule has 0 unspecified atom stereocenters. The molecular formula is C10H15N5O. The molecule has 2 heterocycles. The second kappa shape index (κ2) is 4.05. The molecule has 16 heavy (non-hydrogen) atoms. The summed E-state index contributed by atoms with van der Waals surface area (Å²) in [6.07, 6.45) is 1.91. The van der Waals surface area contributed by atoms with Crippen LogP contribution in [0.15, 0.2) is 10.7 Å². The molecule has 2 aromatic heterocycles. The number of aryl methyl sites for hydroxylation is 2. The van der Waals surface area contributed by atoms with Crippen molar-refractivity contribution in [3.8, 4) is 11.4 Å². The van der Waals surface area contributed by atoms with Crippen molar-refractivity contribution in [2.24, 2.45) is 5.73 Å². The standard InChI is InChI=1S/C10H15N5O/c1-4-15-5-8(7(3)13-15)9-12-10(6(2)11)16-14-9/h5-6H,4,11H2,1-3H3/t6-/m1/s1. The molecule has 0 saturated carbocycles. The first-order chi connectivity index (χ1) is 7.61. The molecule has 0 spiro atoms. The fraction of sp³-hybridized carbons (Fsp3) is 0.500. The molecule has 0 aromatic carbocycles. The van der Waals surface area contributed by atoms with Gasteiger partial charge in [0.25, 0.3) is 0 Å². The molecule has 1 atom stereocenters. The topological polar surface area (TPSA) is 82.8 Å². The van der Waals surface area contributed by atoms with Gasteiger partial charge in [-0.05, 0) is 20.8 Å². The van der Waals surface area contributed by atoms with E-state index in [1.54, 1.807) is 6.92 Å². The maximum atomic E-state index is 5.66. The molecule has 0 amide bonds. The van der Waals surface area contributed by atoms with Crippen LogP contribution >= 0.6 is 0 Å². The summed E-state index contributed by atoms with van der Waals surface area (Å²) in [6, 6.07) is -0.247.